The molecule has 10 nitrogen and oxygen atoms in total. The lowest BCUT2D eigenvalue weighted by molar-refractivity contribution is 0.0167. The minimum atomic E-state index is -0.529. The van der Waals surface area contributed by atoms with Gasteiger partial charge in [-0.15, -0.1) is 0 Å². The van der Waals surface area contributed by atoms with Gasteiger partial charge in [0.15, 0.2) is 17.6 Å². The number of likely N-dealkylation sites (tertiary alicyclic amines) is 1. The molecule has 238 valence electrons. The van der Waals surface area contributed by atoms with Gasteiger partial charge in [-0.3, -0.25) is 4.79 Å². The number of nitrogens with one attached hydrogen (secondary N) is 1. The van der Waals surface area contributed by atoms with Crippen LogP contribution in [0.15, 0.2) is 75.9 Å². The molecule has 5 aromatic rings. The van der Waals surface area contributed by atoms with Crippen LogP contribution in [0.25, 0.3) is 33.7 Å². The van der Waals surface area contributed by atoms with Gasteiger partial charge >= 0.3 is 6.09 Å². The number of fused-ring (bicyclic) bond motifs is 2. The largest absolute Gasteiger partial charge is 0.444 e. The summed E-state index contributed by atoms with van der Waals surface area (Å²) in [5, 5.41) is 12.3. The van der Waals surface area contributed by atoms with Crippen molar-refractivity contribution in [3.05, 3.63) is 83.7 Å². The Morgan fingerprint density at radius 1 is 1.11 bits per heavy atom. The number of carbonyl (C=O) groups is 2. The summed E-state index contributed by atoms with van der Waals surface area (Å²) in [4.78, 5) is 35.4. The highest BCUT2D eigenvalue weighted by atomic mass is 16.6. The molecule has 0 radical (unpaired) electrons. The summed E-state index contributed by atoms with van der Waals surface area (Å²) in [7, 11) is 0. The van der Waals surface area contributed by atoms with E-state index in [0.29, 0.717) is 47.8 Å². The van der Waals surface area contributed by atoms with Crippen molar-refractivity contribution in [2.75, 3.05) is 19.6 Å². The summed E-state index contributed by atoms with van der Waals surface area (Å²) in [6.07, 6.45) is 2.97. The van der Waals surface area contributed by atoms with Crippen LogP contribution >= 0.6 is 0 Å². The molecule has 0 unspecified atom stereocenters. The Labute approximate surface area is 268 Å². The third kappa shape index (κ3) is 7.91. The summed E-state index contributed by atoms with van der Waals surface area (Å²) < 4.78 is 16.6. The first-order valence-corrected chi connectivity index (χ1v) is 15.5. The van der Waals surface area contributed by atoms with E-state index in [1.165, 1.54) is 6.39 Å². The topological polar surface area (TPSA) is 134 Å². The van der Waals surface area contributed by atoms with E-state index in [4.69, 9.17) is 13.6 Å². The summed E-state index contributed by atoms with van der Waals surface area (Å²) in [5.74, 6) is 0.642. The lowest BCUT2D eigenvalue weighted by Crippen LogP contribution is -2.45. The van der Waals surface area contributed by atoms with Crippen LogP contribution in [0.3, 0.4) is 0 Å². The molecule has 1 atom stereocenters. The maximum Gasteiger partial charge on any atom is 0.410 e. The zero-order valence-corrected chi connectivity index (χ0v) is 26.9. The van der Waals surface area contributed by atoms with Gasteiger partial charge in [0.2, 0.25) is 5.89 Å². The maximum absolute atomic E-state index is 12.8. The molecule has 3 heterocycles. The van der Waals surface area contributed by atoms with Gasteiger partial charge in [0, 0.05) is 36.3 Å². The Balaban J connectivity index is 0.000000393. The van der Waals surface area contributed by atoms with Gasteiger partial charge < -0.3 is 23.8 Å². The van der Waals surface area contributed by atoms with Crippen LogP contribution in [-0.2, 0) is 4.74 Å². The van der Waals surface area contributed by atoms with Crippen molar-refractivity contribution in [3.8, 4) is 17.5 Å². The van der Waals surface area contributed by atoms with E-state index >= 15 is 0 Å². The predicted molar refractivity (Wildman–Crippen MR) is 175 cm³/mol. The number of nitrogens with zero attached hydrogens (tertiary/aromatic N) is 4. The molecule has 0 saturated carbocycles. The minimum Gasteiger partial charge on any atom is -0.444 e. The molecule has 2 aromatic heterocycles. The standard InChI is InChI=1S/C29H34N4O4.C7H5NO/c1-18(2)23-13-20(15-30)14-24-25(23)36-27(32-24)22-10-8-21(9-11-22)26(34)31-16-19-7-6-12-33(17-19)28(35)37-29(3,4)5;1-2-4-7-6(3-1)8-5-9-7/h8-11,13-14,18-19H,6-7,12,16-17H2,1-5H3,(H,31,34);1-5H/t19-;/m1./s1. The monoisotopic (exact) mass is 621 g/mol. The Bertz CT molecular complexity index is 1830. The molecule has 0 aliphatic carbocycles. The number of aromatic nitrogens is 2. The second-order valence-electron chi connectivity index (χ2n) is 12.7. The molecule has 10 heteroatoms. The minimum absolute atomic E-state index is 0.167. The van der Waals surface area contributed by atoms with Crippen molar-refractivity contribution in [2.45, 2.75) is 59.0 Å². The van der Waals surface area contributed by atoms with Gasteiger partial charge in [-0.2, -0.15) is 5.26 Å². The number of rotatable bonds is 5. The molecule has 0 bridgehead atoms. The zero-order chi connectivity index (χ0) is 32.8. The van der Waals surface area contributed by atoms with Crippen LogP contribution in [0.4, 0.5) is 4.79 Å². The van der Waals surface area contributed by atoms with E-state index in [1.807, 2.05) is 77.1 Å². The molecule has 46 heavy (non-hydrogen) atoms. The Morgan fingerprint density at radius 3 is 2.57 bits per heavy atom. The third-order valence-electron chi connectivity index (χ3n) is 7.62. The van der Waals surface area contributed by atoms with Crippen LogP contribution in [0, 0.1) is 17.2 Å². The fraction of sp³-hybridized carbons (Fsp3) is 0.361. The number of amides is 2. The molecule has 0 spiro atoms. The van der Waals surface area contributed by atoms with Crippen LogP contribution in [-0.4, -0.2) is 52.1 Å². The zero-order valence-electron chi connectivity index (χ0n) is 26.9. The average molecular weight is 622 g/mol. The van der Waals surface area contributed by atoms with Crippen molar-refractivity contribution >= 4 is 34.2 Å². The van der Waals surface area contributed by atoms with Crippen molar-refractivity contribution in [3.63, 3.8) is 0 Å². The molecule has 1 saturated heterocycles. The van der Waals surface area contributed by atoms with E-state index in [-0.39, 0.29) is 23.8 Å². The molecular weight excluding hydrogens is 582 g/mol. The maximum atomic E-state index is 12.8. The average Bonchev–Trinajstić information content (AvgIpc) is 3.70. The second kappa shape index (κ2) is 13.9. The molecule has 1 aliphatic heterocycles. The number of nitriles is 1. The second-order valence-corrected chi connectivity index (χ2v) is 12.7. The Hall–Kier alpha value is -5.17. The number of benzene rings is 3. The quantitative estimate of drug-likeness (QED) is 0.211. The van der Waals surface area contributed by atoms with Gasteiger partial charge in [-0.25, -0.2) is 14.8 Å². The van der Waals surface area contributed by atoms with Crippen LogP contribution in [0.5, 0.6) is 0 Å². The molecule has 3 aromatic carbocycles. The van der Waals surface area contributed by atoms with Crippen molar-refractivity contribution in [2.24, 2.45) is 5.92 Å². The van der Waals surface area contributed by atoms with Crippen LogP contribution in [0.1, 0.15) is 74.9 Å². The first-order chi connectivity index (χ1) is 22.0. The summed E-state index contributed by atoms with van der Waals surface area (Å²) in [6, 6.07) is 20.5. The summed E-state index contributed by atoms with van der Waals surface area (Å²) >= 11 is 0. The number of piperidine rings is 1. The lowest BCUT2D eigenvalue weighted by atomic mass is 9.98. The van der Waals surface area contributed by atoms with Crippen molar-refractivity contribution < 1.29 is 23.2 Å². The third-order valence-corrected chi connectivity index (χ3v) is 7.62. The highest BCUT2D eigenvalue weighted by Crippen LogP contribution is 2.31. The number of carbonyl (C=O) groups excluding carboxylic acids is 2. The lowest BCUT2D eigenvalue weighted by Gasteiger charge is -2.34. The first kappa shape index (κ1) is 32.2. The van der Waals surface area contributed by atoms with Gasteiger partial charge in [-0.05, 0) is 94.0 Å². The molecule has 1 aliphatic rings. The van der Waals surface area contributed by atoms with E-state index in [2.05, 4.69) is 21.4 Å². The fourth-order valence-electron chi connectivity index (χ4n) is 5.31. The summed E-state index contributed by atoms with van der Waals surface area (Å²) in [5.41, 5.74) is 5.34. The van der Waals surface area contributed by atoms with Gasteiger partial charge in [0.05, 0.1) is 11.6 Å². The van der Waals surface area contributed by atoms with E-state index in [0.717, 1.165) is 35.1 Å². The highest BCUT2D eigenvalue weighted by Gasteiger charge is 2.28. The summed E-state index contributed by atoms with van der Waals surface area (Å²) in [6.45, 7) is 11.4. The van der Waals surface area contributed by atoms with E-state index in [1.54, 1.807) is 23.1 Å². The predicted octanol–water partition coefficient (Wildman–Crippen LogP) is 7.69. The SMILES string of the molecule is CC(C)c1cc(C#N)cc2nc(-c3ccc(C(=O)NC[C@H]4CCCN(C(=O)OC(C)(C)C)C4)cc3)oc12.c1ccc2ocnc2c1. The highest BCUT2D eigenvalue weighted by molar-refractivity contribution is 5.94. The smallest absolute Gasteiger partial charge is 0.410 e. The molecule has 6 rings (SSSR count). The van der Waals surface area contributed by atoms with Crippen molar-refractivity contribution in [1.82, 2.24) is 20.2 Å². The van der Waals surface area contributed by atoms with Crippen molar-refractivity contribution in [1.29, 1.82) is 5.26 Å². The van der Waals surface area contributed by atoms with Crippen LogP contribution < -0.4 is 5.32 Å². The van der Waals surface area contributed by atoms with E-state index in [9.17, 15) is 14.9 Å². The number of ether oxygens (including phenoxy) is 1. The number of para-hydroxylation sites is 2. The van der Waals surface area contributed by atoms with Gasteiger partial charge in [0.1, 0.15) is 16.6 Å². The molecule has 1 fully saturated rings. The normalized spacial score (nSPS) is 14.9. The Morgan fingerprint density at radius 2 is 1.87 bits per heavy atom. The van der Waals surface area contributed by atoms with Crippen LogP contribution in [0.2, 0.25) is 0 Å². The fourth-order valence-corrected chi connectivity index (χ4v) is 5.31. The molecule has 2 amide bonds. The number of hydrogen-bond acceptors (Lipinski definition) is 8. The molecular formula is C36H39N5O5. The Kier molecular flexibility index (Phi) is 9.71. The molecule has 1 N–H and O–H groups in total. The van der Waals surface area contributed by atoms with E-state index < -0.39 is 5.60 Å². The van der Waals surface area contributed by atoms with Gasteiger partial charge in [-0.1, -0.05) is 26.0 Å². The number of oxazole rings is 2. The van der Waals surface area contributed by atoms with Gasteiger partial charge in [0.25, 0.3) is 5.91 Å². The number of hydrogen-bond donors (Lipinski definition) is 1. The first-order valence-electron chi connectivity index (χ1n) is 15.5.